The van der Waals surface area contributed by atoms with Gasteiger partial charge < -0.3 is 14.5 Å². The van der Waals surface area contributed by atoms with E-state index >= 15 is 0 Å². The van der Waals surface area contributed by atoms with E-state index in [1.54, 1.807) is 19.1 Å². The SMILES string of the molecule is CCOC(=O)c1c[nH]c2c1C(=O)CC(c1ccc(OC)c(F)c1)CC2. The van der Waals surface area contributed by atoms with Gasteiger partial charge in [0.15, 0.2) is 17.3 Å². The summed E-state index contributed by atoms with van der Waals surface area (Å²) < 4.78 is 23.9. The molecule has 6 heteroatoms. The van der Waals surface area contributed by atoms with Gasteiger partial charge in [0.2, 0.25) is 0 Å². The maximum absolute atomic E-state index is 14.0. The van der Waals surface area contributed by atoms with Crippen molar-refractivity contribution in [2.45, 2.75) is 32.1 Å². The van der Waals surface area contributed by atoms with Crippen LogP contribution >= 0.6 is 0 Å². The lowest BCUT2D eigenvalue weighted by molar-refractivity contribution is 0.0523. The van der Waals surface area contributed by atoms with Gasteiger partial charge >= 0.3 is 5.97 Å². The van der Waals surface area contributed by atoms with Crippen LogP contribution in [0.3, 0.4) is 0 Å². The molecular formula is C19H20FNO4. The number of H-pyrrole nitrogens is 1. The summed E-state index contributed by atoms with van der Waals surface area (Å²) in [5.41, 5.74) is 2.19. The van der Waals surface area contributed by atoms with E-state index in [4.69, 9.17) is 9.47 Å². The third kappa shape index (κ3) is 3.29. The summed E-state index contributed by atoms with van der Waals surface area (Å²) in [6.45, 7) is 1.97. The first-order chi connectivity index (χ1) is 12.0. The number of aromatic nitrogens is 1. The molecule has 0 fully saturated rings. The van der Waals surface area contributed by atoms with E-state index in [0.717, 1.165) is 11.3 Å². The maximum atomic E-state index is 14.0. The lowest BCUT2D eigenvalue weighted by atomic mass is 9.90. The molecule has 1 heterocycles. The highest BCUT2D eigenvalue weighted by molar-refractivity contribution is 6.07. The van der Waals surface area contributed by atoms with Crippen LogP contribution in [0.4, 0.5) is 4.39 Å². The molecule has 1 N–H and O–H groups in total. The second-order valence-electron chi connectivity index (χ2n) is 6.03. The molecule has 132 valence electrons. The van der Waals surface area contributed by atoms with E-state index in [2.05, 4.69) is 4.98 Å². The summed E-state index contributed by atoms with van der Waals surface area (Å²) in [5, 5.41) is 0. The second kappa shape index (κ2) is 7.09. The predicted octanol–water partition coefficient (Wildman–Crippen LogP) is 3.64. The zero-order valence-corrected chi connectivity index (χ0v) is 14.2. The van der Waals surface area contributed by atoms with Crippen LogP contribution in [0.2, 0.25) is 0 Å². The minimum Gasteiger partial charge on any atom is -0.494 e. The van der Waals surface area contributed by atoms with Crippen LogP contribution < -0.4 is 4.74 Å². The number of esters is 1. The smallest absolute Gasteiger partial charge is 0.340 e. The fourth-order valence-electron chi connectivity index (χ4n) is 3.32. The molecule has 0 spiro atoms. The standard InChI is InChI=1S/C19H20FNO4/c1-3-25-19(23)13-10-21-15-6-4-12(9-16(22)18(13)15)11-5-7-17(24-2)14(20)8-11/h5,7-8,10,12,21H,3-4,6,9H2,1-2H3. The maximum Gasteiger partial charge on any atom is 0.340 e. The summed E-state index contributed by atoms with van der Waals surface area (Å²) in [6.07, 6.45) is 3.06. The summed E-state index contributed by atoms with van der Waals surface area (Å²) in [6, 6.07) is 4.78. The van der Waals surface area contributed by atoms with Crippen LogP contribution in [0.1, 0.15) is 57.7 Å². The van der Waals surface area contributed by atoms with Crippen LogP contribution in [0.25, 0.3) is 0 Å². The van der Waals surface area contributed by atoms with Gasteiger partial charge in [0.1, 0.15) is 0 Å². The molecule has 1 aliphatic rings. The van der Waals surface area contributed by atoms with Crippen molar-refractivity contribution in [3.63, 3.8) is 0 Å². The first-order valence-corrected chi connectivity index (χ1v) is 8.29. The number of fused-ring (bicyclic) bond motifs is 1. The van der Waals surface area contributed by atoms with Crippen LogP contribution in [0.15, 0.2) is 24.4 Å². The molecule has 1 aromatic carbocycles. The largest absolute Gasteiger partial charge is 0.494 e. The molecular weight excluding hydrogens is 325 g/mol. The number of hydrogen-bond donors (Lipinski definition) is 1. The van der Waals surface area contributed by atoms with E-state index in [1.165, 1.54) is 19.4 Å². The fraction of sp³-hybridized carbons (Fsp3) is 0.368. The Morgan fingerprint density at radius 1 is 1.40 bits per heavy atom. The number of carbonyl (C=O) groups excluding carboxylic acids is 2. The Kier molecular flexibility index (Phi) is 4.88. The van der Waals surface area contributed by atoms with Crippen LogP contribution in [0.5, 0.6) is 5.75 Å². The van der Waals surface area contributed by atoms with Gasteiger partial charge in [0, 0.05) is 18.3 Å². The van der Waals surface area contributed by atoms with Gasteiger partial charge in [-0.05, 0) is 43.4 Å². The predicted molar refractivity (Wildman–Crippen MR) is 89.7 cm³/mol. The van der Waals surface area contributed by atoms with Crippen molar-refractivity contribution >= 4 is 11.8 Å². The normalized spacial score (nSPS) is 16.9. The van der Waals surface area contributed by atoms with Gasteiger partial charge in [0.25, 0.3) is 0 Å². The van der Waals surface area contributed by atoms with E-state index in [0.29, 0.717) is 18.4 Å². The minimum absolute atomic E-state index is 0.108. The number of ketones is 1. The third-order valence-electron chi connectivity index (χ3n) is 4.56. The average Bonchev–Trinajstić information content (AvgIpc) is 2.95. The first kappa shape index (κ1) is 17.2. The summed E-state index contributed by atoms with van der Waals surface area (Å²) in [4.78, 5) is 27.8. The van der Waals surface area contributed by atoms with Crippen LogP contribution in [-0.2, 0) is 11.2 Å². The monoisotopic (exact) mass is 345 g/mol. The van der Waals surface area contributed by atoms with Crippen molar-refractivity contribution in [1.82, 2.24) is 4.98 Å². The lowest BCUT2D eigenvalue weighted by Crippen LogP contribution is -2.11. The number of aryl methyl sites for hydroxylation is 1. The van der Waals surface area contributed by atoms with Gasteiger partial charge in [-0.3, -0.25) is 4.79 Å². The fourth-order valence-corrected chi connectivity index (χ4v) is 3.32. The number of halogens is 1. The zero-order chi connectivity index (χ0) is 18.0. The van der Waals surface area contributed by atoms with Crippen molar-refractivity contribution in [3.05, 3.63) is 52.6 Å². The zero-order valence-electron chi connectivity index (χ0n) is 14.2. The first-order valence-electron chi connectivity index (χ1n) is 8.29. The molecule has 1 unspecified atom stereocenters. The number of rotatable bonds is 4. The molecule has 0 saturated heterocycles. The van der Waals surface area contributed by atoms with Crippen molar-refractivity contribution in [3.8, 4) is 5.75 Å². The van der Waals surface area contributed by atoms with Gasteiger partial charge in [-0.25, -0.2) is 9.18 Å². The second-order valence-corrected chi connectivity index (χ2v) is 6.03. The summed E-state index contributed by atoms with van der Waals surface area (Å²) in [5.74, 6) is -0.995. The summed E-state index contributed by atoms with van der Waals surface area (Å²) in [7, 11) is 1.41. The number of nitrogens with one attached hydrogen (secondary N) is 1. The number of benzene rings is 1. The van der Waals surface area contributed by atoms with Crippen molar-refractivity contribution in [2.75, 3.05) is 13.7 Å². The molecule has 3 rings (SSSR count). The Balaban J connectivity index is 1.87. The Bertz CT molecular complexity index is 812. The highest BCUT2D eigenvalue weighted by Crippen LogP contribution is 2.34. The van der Waals surface area contributed by atoms with Crippen molar-refractivity contribution in [1.29, 1.82) is 0 Å². The van der Waals surface area contributed by atoms with E-state index in [9.17, 15) is 14.0 Å². The minimum atomic E-state index is -0.498. The summed E-state index contributed by atoms with van der Waals surface area (Å²) >= 11 is 0. The lowest BCUT2D eigenvalue weighted by Gasteiger charge is -2.15. The number of carbonyl (C=O) groups is 2. The average molecular weight is 345 g/mol. The number of hydrogen-bond acceptors (Lipinski definition) is 4. The molecule has 0 bridgehead atoms. The molecule has 25 heavy (non-hydrogen) atoms. The Morgan fingerprint density at radius 2 is 2.20 bits per heavy atom. The molecule has 0 amide bonds. The van der Waals surface area contributed by atoms with Gasteiger partial charge in [-0.15, -0.1) is 0 Å². The van der Waals surface area contributed by atoms with Crippen LogP contribution in [0, 0.1) is 5.82 Å². The number of ether oxygens (including phenoxy) is 2. The van der Waals surface area contributed by atoms with Crippen molar-refractivity contribution < 1.29 is 23.5 Å². The molecule has 1 aliphatic carbocycles. The Morgan fingerprint density at radius 3 is 2.88 bits per heavy atom. The van der Waals surface area contributed by atoms with Crippen molar-refractivity contribution in [2.24, 2.45) is 0 Å². The number of aromatic amines is 1. The molecule has 1 aromatic heterocycles. The van der Waals surface area contributed by atoms with E-state index in [-0.39, 0.29) is 36.0 Å². The third-order valence-corrected chi connectivity index (χ3v) is 4.56. The quantitative estimate of drug-likeness (QED) is 0.678. The Hall–Kier alpha value is -2.63. The molecule has 0 radical (unpaired) electrons. The van der Waals surface area contributed by atoms with Gasteiger partial charge in [-0.1, -0.05) is 6.07 Å². The molecule has 0 aliphatic heterocycles. The topological polar surface area (TPSA) is 68.4 Å². The van der Waals surface area contributed by atoms with Gasteiger partial charge in [0.05, 0.1) is 24.8 Å². The highest BCUT2D eigenvalue weighted by atomic mass is 19.1. The molecule has 2 aromatic rings. The molecule has 1 atom stereocenters. The van der Waals surface area contributed by atoms with E-state index in [1.807, 2.05) is 0 Å². The van der Waals surface area contributed by atoms with E-state index < -0.39 is 11.8 Å². The highest BCUT2D eigenvalue weighted by Gasteiger charge is 2.30. The Labute approximate surface area is 145 Å². The molecule has 5 nitrogen and oxygen atoms in total. The number of methoxy groups -OCH3 is 1. The van der Waals surface area contributed by atoms with Crippen LogP contribution in [-0.4, -0.2) is 30.5 Å². The van der Waals surface area contributed by atoms with Gasteiger partial charge in [-0.2, -0.15) is 0 Å². The number of Topliss-reactive ketones (excluding diaryl/α,β-unsaturated/α-hetero) is 1. The molecule has 0 saturated carbocycles.